The van der Waals surface area contributed by atoms with E-state index < -0.39 is 0 Å². The molecule has 0 bridgehead atoms. The standard InChI is InChI=1S/C14H18N6S2/c1-2-21-14-18-17-13-19(14)12-10(11-15-7-16-20(11)13)8-5-3-4-6-9(8)22-12/h11,15-16H,2-7H2,1H3. The molecule has 0 aromatic carbocycles. The predicted molar refractivity (Wildman–Crippen MR) is 88.6 cm³/mol. The van der Waals surface area contributed by atoms with Crippen LogP contribution in [0.4, 0.5) is 5.95 Å². The van der Waals surface area contributed by atoms with Gasteiger partial charge in [0.2, 0.25) is 5.95 Å². The lowest BCUT2D eigenvalue weighted by atomic mass is 9.94. The number of aromatic nitrogens is 3. The quantitative estimate of drug-likeness (QED) is 0.821. The van der Waals surface area contributed by atoms with Crippen molar-refractivity contribution >= 4 is 29.0 Å². The van der Waals surface area contributed by atoms with Crippen molar-refractivity contribution in [3.05, 3.63) is 16.0 Å². The van der Waals surface area contributed by atoms with Gasteiger partial charge in [0.15, 0.2) is 5.16 Å². The zero-order chi connectivity index (χ0) is 14.7. The lowest BCUT2D eigenvalue weighted by molar-refractivity contribution is 0.579. The molecule has 1 atom stereocenters. The van der Waals surface area contributed by atoms with Crippen LogP contribution in [0.15, 0.2) is 5.16 Å². The highest BCUT2D eigenvalue weighted by atomic mass is 32.2. The topological polar surface area (TPSA) is 58.0 Å². The fourth-order valence-corrected chi connectivity index (χ4v) is 5.81. The van der Waals surface area contributed by atoms with Gasteiger partial charge in [-0.3, -0.25) is 10.3 Å². The lowest BCUT2D eigenvalue weighted by Crippen LogP contribution is -2.39. The van der Waals surface area contributed by atoms with E-state index in [1.54, 1.807) is 22.2 Å². The van der Waals surface area contributed by atoms with Crippen LogP contribution in [0.2, 0.25) is 0 Å². The average molecular weight is 334 g/mol. The normalized spacial score (nSPS) is 22.2. The maximum Gasteiger partial charge on any atom is 0.249 e. The summed E-state index contributed by atoms with van der Waals surface area (Å²) in [4.78, 5) is 1.57. The highest BCUT2D eigenvalue weighted by Crippen LogP contribution is 2.47. The minimum Gasteiger partial charge on any atom is -0.278 e. The molecule has 2 aromatic heterocycles. The van der Waals surface area contributed by atoms with Gasteiger partial charge in [0.05, 0.1) is 6.67 Å². The number of hydrogen-bond acceptors (Lipinski definition) is 7. The Bertz CT molecular complexity index is 736. The number of aryl methyl sites for hydroxylation is 1. The summed E-state index contributed by atoms with van der Waals surface area (Å²) in [5, 5.41) is 16.9. The molecule has 2 aromatic rings. The van der Waals surface area contributed by atoms with Crippen molar-refractivity contribution in [2.45, 2.75) is 43.9 Å². The molecular formula is C14H18N6S2. The van der Waals surface area contributed by atoms with Gasteiger partial charge in [-0.25, -0.2) is 9.99 Å². The second-order valence-corrected chi connectivity index (χ2v) is 8.11. The first-order valence-electron chi connectivity index (χ1n) is 7.87. The summed E-state index contributed by atoms with van der Waals surface area (Å²) in [7, 11) is 0. The second-order valence-electron chi connectivity index (χ2n) is 5.79. The number of rotatable bonds is 2. The number of thioether (sulfide) groups is 1. The van der Waals surface area contributed by atoms with E-state index in [1.807, 2.05) is 11.3 Å². The van der Waals surface area contributed by atoms with Gasteiger partial charge in [-0.1, -0.05) is 18.7 Å². The van der Waals surface area contributed by atoms with Crippen LogP contribution in [0.5, 0.6) is 0 Å². The summed E-state index contributed by atoms with van der Waals surface area (Å²) in [6.45, 7) is 2.94. The summed E-state index contributed by atoms with van der Waals surface area (Å²) in [6, 6.07) is 0. The first-order valence-corrected chi connectivity index (χ1v) is 9.68. The van der Waals surface area contributed by atoms with Gasteiger partial charge in [-0.2, -0.15) is 0 Å². The average Bonchev–Trinajstić information content (AvgIpc) is 3.22. The second kappa shape index (κ2) is 4.95. The van der Waals surface area contributed by atoms with Crippen molar-refractivity contribution in [1.82, 2.24) is 25.5 Å². The Hall–Kier alpha value is -1.09. The number of hydrogen-bond donors (Lipinski definition) is 2. The molecule has 2 aliphatic heterocycles. The van der Waals surface area contributed by atoms with Crippen molar-refractivity contribution in [3.8, 4) is 5.00 Å². The Kier molecular flexibility index (Phi) is 3.01. The van der Waals surface area contributed by atoms with E-state index in [2.05, 4.69) is 37.4 Å². The number of nitrogens with one attached hydrogen (secondary N) is 2. The summed E-state index contributed by atoms with van der Waals surface area (Å²) in [6.07, 6.45) is 5.26. The monoisotopic (exact) mass is 334 g/mol. The number of fused-ring (bicyclic) bond motifs is 8. The smallest absolute Gasteiger partial charge is 0.249 e. The molecule has 6 nitrogen and oxygen atoms in total. The van der Waals surface area contributed by atoms with Crippen molar-refractivity contribution < 1.29 is 0 Å². The fraction of sp³-hybridized carbons (Fsp3) is 0.571. The van der Waals surface area contributed by atoms with Crippen LogP contribution in [-0.4, -0.2) is 27.2 Å². The van der Waals surface area contributed by atoms with E-state index in [9.17, 15) is 0 Å². The molecule has 116 valence electrons. The SMILES string of the molecule is CCSc1nnc2n1-c1sc3c(c1C1NCNN21)CCCC3. The van der Waals surface area contributed by atoms with Crippen LogP contribution in [0.1, 0.15) is 41.9 Å². The van der Waals surface area contributed by atoms with Gasteiger partial charge in [-0.15, -0.1) is 21.5 Å². The maximum absolute atomic E-state index is 4.45. The highest BCUT2D eigenvalue weighted by Gasteiger charge is 2.41. The molecule has 5 rings (SSSR count). The highest BCUT2D eigenvalue weighted by molar-refractivity contribution is 7.99. The van der Waals surface area contributed by atoms with E-state index in [0.717, 1.165) is 23.5 Å². The maximum atomic E-state index is 4.45. The molecule has 4 heterocycles. The Morgan fingerprint density at radius 3 is 3.14 bits per heavy atom. The number of thiophene rings is 1. The Balaban J connectivity index is 1.77. The molecule has 0 amide bonds. The molecule has 0 radical (unpaired) electrons. The van der Waals surface area contributed by atoms with E-state index in [1.165, 1.54) is 36.2 Å². The Morgan fingerprint density at radius 1 is 1.32 bits per heavy atom. The summed E-state index contributed by atoms with van der Waals surface area (Å²) in [5.74, 6) is 1.92. The Morgan fingerprint density at radius 2 is 2.23 bits per heavy atom. The van der Waals surface area contributed by atoms with Crippen molar-refractivity contribution in [2.24, 2.45) is 0 Å². The van der Waals surface area contributed by atoms with Crippen LogP contribution in [-0.2, 0) is 12.8 Å². The number of nitrogens with zero attached hydrogens (tertiary/aromatic N) is 4. The van der Waals surface area contributed by atoms with E-state index in [-0.39, 0.29) is 6.17 Å². The fourth-order valence-electron chi connectivity index (χ4n) is 3.67. The summed E-state index contributed by atoms with van der Waals surface area (Å²) >= 11 is 3.71. The van der Waals surface area contributed by atoms with E-state index in [4.69, 9.17) is 0 Å². The van der Waals surface area contributed by atoms with E-state index in [0.29, 0.717) is 0 Å². The summed E-state index contributed by atoms with van der Waals surface area (Å²) in [5.41, 5.74) is 6.43. The largest absolute Gasteiger partial charge is 0.278 e. The Labute approximate surface area is 137 Å². The molecule has 22 heavy (non-hydrogen) atoms. The van der Waals surface area contributed by atoms with Gasteiger partial charge in [-0.05, 0) is 37.0 Å². The lowest BCUT2D eigenvalue weighted by Gasteiger charge is -2.31. The molecule has 0 spiro atoms. The van der Waals surface area contributed by atoms with Crippen molar-refractivity contribution in [3.63, 3.8) is 0 Å². The third kappa shape index (κ3) is 1.69. The molecule has 1 saturated heterocycles. The van der Waals surface area contributed by atoms with Gasteiger partial charge >= 0.3 is 0 Å². The molecule has 0 saturated carbocycles. The van der Waals surface area contributed by atoms with Crippen LogP contribution in [0, 0.1) is 0 Å². The molecule has 1 aliphatic carbocycles. The third-order valence-electron chi connectivity index (χ3n) is 4.58. The number of anilines is 1. The van der Waals surface area contributed by atoms with Gasteiger partial charge in [0.1, 0.15) is 11.2 Å². The van der Waals surface area contributed by atoms with Gasteiger partial charge < -0.3 is 0 Å². The predicted octanol–water partition coefficient (Wildman–Crippen LogP) is 2.20. The van der Waals surface area contributed by atoms with E-state index >= 15 is 0 Å². The van der Waals surface area contributed by atoms with Crippen LogP contribution >= 0.6 is 23.1 Å². The van der Waals surface area contributed by atoms with Gasteiger partial charge in [0, 0.05) is 10.4 Å². The first-order chi connectivity index (χ1) is 10.9. The van der Waals surface area contributed by atoms with Crippen molar-refractivity contribution in [1.29, 1.82) is 0 Å². The minimum atomic E-state index is 0.198. The number of hydrazine groups is 1. The molecular weight excluding hydrogens is 316 g/mol. The zero-order valence-corrected chi connectivity index (χ0v) is 14.1. The summed E-state index contributed by atoms with van der Waals surface area (Å²) < 4.78 is 2.25. The minimum absolute atomic E-state index is 0.198. The first kappa shape index (κ1) is 13.4. The van der Waals surface area contributed by atoms with Crippen LogP contribution in [0.25, 0.3) is 5.00 Å². The van der Waals surface area contributed by atoms with Gasteiger partial charge in [0.25, 0.3) is 0 Å². The molecule has 1 unspecified atom stereocenters. The zero-order valence-electron chi connectivity index (χ0n) is 12.4. The van der Waals surface area contributed by atoms with Crippen LogP contribution in [0.3, 0.4) is 0 Å². The van der Waals surface area contributed by atoms with Crippen molar-refractivity contribution in [2.75, 3.05) is 17.4 Å². The molecule has 1 fully saturated rings. The molecule has 3 aliphatic rings. The van der Waals surface area contributed by atoms with Crippen LogP contribution < -0.4 is 15.8 Å². The molecule has 8 heteroatoms. The third-order valence-corrected chi connectivity index (χ3v) is 6.68. The molecule has 2 N–H and O–H groups in total.